The van der Waals surface area contributed by atoms with Gasteiger partial charge < -0.3 is 15.1 Å². The van der Waals surface area contributed by atoms with Gasteiger partial charge in [-0.15, -0.1) is 0 Å². The van der Waals surface area contributed by atoms with E-state index in [1.165, 1.54) is 0 Å². The number of rotatable bonds is 2. The summed E-state index contributed by atoms with van der Waals surface area (Å²) in [5.74, 6) is 1.53. The lowest BCUT2D eigenvalue weighted by molar-refractivity contribution is 0.495. The lowest BCUT2D eigenvalue weighted by atomic mass is 10.1. The number of furan rings is 1. The van der Waals surface area contributed by atoms with Crippen LogP contribution in [-0.4, -0.2) is 29.1 Å². The number of nitrogens with two attached hydrogens (primary N) is 1. The maximum atomic E-state index is 5.90. The van der Waals surface area contributed by atoms with Gasteiger partial charge in [0.15, 0.2) is 5.76 Å². The fourth-order valence-electron chi connectivity index (χ4n) is 2.16. The van der Waals surface area contributed by atoms with Crippen molar-refractivity contribution in [3.05, 3.63) is 30.7 Å². The van der Waals surface area contributed by atoms with Crippen molar-refractivity contribution < 1.29 is 4.42 Å². The molecule has 1 aliphatic heterocycles. The van der Waals surface area contributed by atoms with Crippen molar-refractivity contribution in [3.8, 4) is 11.5 Å². The molecule has 94 valence electrons. The molecule has 0 spiro atoms. The van der Waals surface area contributed by atoms with Crippen LogP contribution in [0, 0.1) is 0 Å². The Morgan fingerprint density at radius 1 is 1.28 bits per heavy atom. The van der Waals surface area contributed by atoms with Gasteiger partial charge in [-0.25, -0.2) is 9.97 Å². The van der Waals surface area contributed by atoms with Crippen molar-refractivity contribution in [2.75, 3.05) is 18.0 Å². The average molecular weight is 244 g/mol. The Labute approximate surface area is 106 Å². The first-order valence-electron chi connectivity index (χ1n) is 6.20. The van der Waals surface area contributed by atoms with Crippen LogP contribution >= 0.6 is 0 Å². The fraction of sp³-hybridized carbons (Fsp3) is 0.385. The molecule has 1 aliphatic rings. The third kappa shape index (κ3) is 2.22. The van der Waals surface area contributed by atoms with E-state index < -0.39 is 0 Å². The molecule has 0 saturated carbocycles. The van der Waals surface area contributed by atoms with Gasteiger partial charge in [0.2, 0.25) is 5.95 Å². The van der Waals surface area contributed by atoms with Crippen LogP contribution in [-0.2, 0) is 0 Å². The van der Waals surface area contributed by atoms with Crippen molar-refractivity contribution in [3.63, 3.8) is 0 Å². The van der Waals surface area contributed by atoms with Gasteiger partial charge in [-0.1, -0.05) is 0 Å². The Bertz CT molecular complexity index is 503. The molecule has 2 N–H and O–H groups in total. The molecule has 0 bridgehead atoms. The second kappa shape index (κ2) is 4.78. The molecule has 0 radical (unpaired) electrons. The monoisotopic (exact) mass is 244 g/mol. The maximum Gasteiger partial charge on any atom is 0.225 e. The van der Waals surface area contributed by atoms with Gasteiger partial charge in [0.05, 0.1) is 6.26 Å². The number of hydrogen-bond acceptors (Lipinski definition) is 5. The van der Waals surface area contributed by atoms with Crippen molar-refractivity contribution in [2.45, 2.75) is 18.9 Å². The van der Waals surface area contributed by atoms with E-state index in [0.29, 0.717) is 6.04 Å². The minimum atomic E-state index is 0.314. The smallest absolute Gasteiger partial charge is 0.225 e. The highest BCUT2D eigenvalue weighted by atomic mass is 16.3. The Kier molecular flexibility index (Phi) is 2.98. The molecule has 0 atom stereocenters. The van der Waals surface area contributed by atoms with Gasteiger partial charge in [-0.05, 0) is 31.0 Å². The van der Waals surface area contributed by atoms with E-state index in [1.807, 2.05) is 18.2 Å². The largest absolute Gasteiger partial charge is 0.463 e. The van der Waals surface area contributed by atoms with Crippen LogP contribution in [0.4, 0.5) is 5.95 Å². The Balaban J connectivity index is 1.83. The summed E-state index contributed by atoms with van der Waals surface area (Å²) in [5.41, 5.74) is 6.72. The summed E-state index contributed by atoms with van der Waals surface area (Å²) in [6.07, 6.45) is 5.41. The molecule has 1 fully saturated rings. The van der Waals surface area contributed by atoms with Gasteiger partial charge in [-0.2, -0.15) is 0 Å². The zero-order valence-corrected chi connectivity index (χ0v) is 10.1. The Morgan fingerprint density at radius 3 is 2.83 bits per heavy atom. The minimum Gasteiger partial charge on any atom is -0.463 e. The first kappa shape index (κ1) is 11.2. The lowest BCUT2D eigenvalue weighted by Crippen LogP contribution is -2.40. The summed E-state index contributed by atoms with van der Waals surface area (Å²) >= 11 is 0. The van der Waals surface area contributed by atoms with E-state index >= 15 is 0 Å². The summed E-state index contributed by atoms with van der Waals surface area (Å²) in [6, 6.07) is 5.93. The third-order valence-electron chi connectivity index (χ3n) is 3.24. The molecule has 3 heterocycles. The molecule has 18 heavy (non-hydrogen) atoms. The molecule has 5 heteroatoms. The van der Waals surface area contributed by atoms with Crippen LogP contribution in [0.1, 0.15) is 12.8 Å². The van der Waals surface area contributed by atoms with E-state index in [0.717, 1.165) is 43.3 Å². The van der Waals surface area contributed by atoms with E-state index in [9.17, 15) is 0 Å². The molecule has 0 aromatic carbocycles. The zero-order valence-electron chi connectivity index (χ0n) is 10.1. The molecule has 0 aliphatic carbocycles. The molecule has 5 nitrogen and oxygen atoms in total. The number of anilines is 1. The van der Waals surface area contributed by atoms with Gasteiger partial charge in [-0.3, -0.25) is 0 Å². The SMILES string of the molecule is NC1CCN(c2nccc(-c3ccco3)n2)CC1. The van der Waals surface area contributed by atoms with Crippen LogP contribution < -0.4 is 10.6 Å². The first-order valence-corrected chi connectivity index (χ1v) is 6.20. The second-order valence-electron chi connectivity index (χ2n) is 4.54. The summed E-state index contributed by atoms with van der Waals surface area (Å²) in [7, 11) is 0. The standard InChI is InChI=1S/C13H16N4O/c14-10-4-7-17(8-5-10)13-15-6-3-11(16-13)12-2-1-9-18-12/h1-3,6,9-10H,4-5,7-8,14H2. The number of piperidine rings is 1. The van der Waals surface area contributed by atoms with E-state index in [1.54, 1.807) is 12.5 Å². The third-order valence-corrected chi connectivity index (χ3v) is 3.24. The molecule has 2 aromatic rings. The summed E-state index contributed by atoms with van der Waals surface area (Å²) in [5, 5.41) is 0. The van der Waals surface area contributed by atoms with Crippen molar-refractivity contribution in [2.24, 2.45) is 5.73 Å². The highest BCUT2D eigenvalue weighted by molar-refractivity contribution is 5.53. The van der Waals surface area contributed by atoms with Gasteiger partial charge >= 0.3 is 0 Å². The van der Waals surface area contributed by atoms with Crippen LogP contribution in [0.2, 0.25) is 0 Å². The summed E-state index contributed by atoms with van der Waals surface area (Å²) in [4.78, 5) is 11.1. The molecule has 3 rings (SSSR count). The fourth-order valence-corrected chi connectivity index (χ4v) is 2.16. The van der Waals surface area contributed by atoms with Crippen LogP contribution in [0.3, 0.4) is 0 Å². The Hall–Kier alpha value is -1.88. The molecule has 0 unspecified atom stereocenters. The van der Waals surface area contributed by atoms with Gasteiger partial charge in [0, 0.05) is 25.3 Å². The van der Waals surface area contributed by atoms with Crippen molar-refractivity contribution in [1.29, 1.82) is 0 Å². The highest BCUT2D eigenvalue weighted by Crippen LogP contribution is 2.21. The van der Waals surface area contributed by atoms with E-state index in [4.69, 9.17) is 10.2 Å². The summed E-state index contributed by atoms with van der Waals surface area (Å²) in [6.45, 7) is 1.84. The van der Waals surface area contributed by atoms with Crippen LogP contribution in [0.15, 0.2) is 35.1 Å². The van der Waals surface area contributed by atoms with Crippen LogP contribution in [0.25, 0.3) is 11.5 Å². The number of aromatic nitrogens is 2. The zero-order chi connectivity index (χ0) is 12.4. The molecule has 2 aromatic heterocycles. The van der Waals surface area contributed by atoms with Crippen molar-refractivity contribution in [1.82, 2.24) is 9.97 Å². The normalized spacial score (nSPS) is 17.1. The van der Waals surface area contributed by atoms with Gasteiger partial charge in [0.25, 0.3) is 0 Å². The topological polar surface area (TPSA) is 68.2 Å². The first-order chi connectivity index (χ1) is 8.83. The number of hydrogen-bond donors (Lipinski definition) is 1. The molecule has 0 amide bonds. The molecular weight excluding hydrogens is 228 g/mol. The lowest BCUT2D eigenvalue weighted by Gasteiger charge is -2.30. The number of nitrogens with zero attached hydrogens (tertiary/aromatic N) is 3. The van der Waals surface area contributed by atoms with E-state index in [2.05, 4.69) is 14.9 Å². The predicted molar refractivity (Wildman–Crippen MR) is 69.2 cm³/mol. The van der Waals surface area contributed by atoms with Crippen molar-refractivity contribution >= 4 is 5.95 Å². The van der Waals surface area contributed by atoms with Gasteiger partial charge in [0.1, 0.15) is 5.69 Å². The average Bonchev–Trinajstić information content (AvgIpc) is 2.94. The minimum absolute atomic E-state index is 0.314. The Morgan fingerprint density at radius 2 is 2.11 bits per heavy atom. The quantitative estimate of drug-likeness (QED) is 0.870. The predicted octanol–water partition coefficient (Wildman–Crippen LogP) is 1.66. The van der Waals surface area contributed by atoms with Crippen LogP contribution in [0.5, 0.6) is 0 Å². The highest BCUT2D eigenvalue weighted by Gasteiger charge is 2.18. The second-order valence-corrected chi connectivity index (χ2v) is 4.54. The molecular formula is C13H16N4O. The maximum absolute atomic E-state index is 5.90. The summed E-state index contributed by atoms with van der Waals surface area (Å²) < 4.78 is 5.35. The molecule has 1 saturated heterocycles. The van der Waals surface area contributed by atoms with E-state index in [-0.39, 0.29) is 0 Å².